The number of carbonyl (C=O) groups excluding carboxylic acids is 1. The summed E-state index contributed by atoms with van der Waals surface area (Å²) in [4.78, 5) is 25.3. The number of hydrogen-bond donors (Lipinski definition) is 1. The Morgan fingerprint density at radius 3 is 2.24 bits per heavy atom. The third kappa shape index (κ3) is 4.33. The predicted octanol–water partition coefficient (Wildman–Crippen LogP) is 2.86. The SMILES string of the molecule is CC(C)C[C@H]1[C@H](C(=O)O)OC(C)(C)N1C(=O)OC(C)(C)C. The van der Waals surface area contributed by atoms with E-state index in [9.17, 15) is 14.7 Å². The van der Waals surface area contributed by atoms with Crippen molar-refractivity contribution in [1.29, 1.82) is 0 Å². The molecule has 0 aromatic heterocycles. The minimum atomic E-state index is -1.06. The van der Waals surface area contributed by atoms with Crippen LogP contribution >= 0.6 is 0 Å². The van der Waals surface area contributed by atoms with Crippen LogP contribution in [0.2, 0.25) is 0 Å². The van der Waals surface area contributed by atoms with Gasteiger partial charge in [0.15, 0.2) is 6.10 Å². The van der Waals surface area contributed by atoms with E-state index in [-0.39, 0.29) is 5.92 Å². The summed E-state index contributed by atoms with van der Waals surface area (Å²) in [5.41, 5.74) is -1.65. The molecule has 0 aliphatic carbocycles. The Hall–Kier alpha value is -1.30. The number of amides is 1. The lowest BCUT2D eigenvalue weighted by atomic mass is 9.98. The molecule has 0 spiro atoms. The van der Waals surface area contributed by atoms with Crippen molar-refractivity contribution in [2.45, 2.75) is 78.4 Å². The second-order valence-corrected chi connectivity index (χ2v) is 7.37. The van der Waals surface area contributed by atoms with Gasteiger partial charge in [0.2, 0.25) is 0 Å². The summed E-state index contributed by atoms with van der Waals surface area (Å²) in [7, 11) is 0. The quantitative estimate of drug-likeness (QED) is 0.867. The van der Waals surface area contributed by atoms with Gasteiger partial charge in [0, 0.05) is 0 Å². The van der Waals surface area contributed by atoms with Crippen molar-refractivity contribution < 1.29 is 24.2 Å². The van der Waals surface area contributed by atoms with Gasteiger partial charge < -0.3 is 14.6 Å². The molecule has 1 aliphatic heterocycles. The van der Waals surface area contributed by atoms with E-state index in [2.05, 4.69) is 0 Å². The number of aliphatic carboxylic acids is 1. The Bertz CT molecular complexity index is 411. The van der Waals surface area contributed by atoms with Gasteiger partial charge in [-0.15, -0.1) is 0 Å². The molecule has 0 bridgehead atoms. The van der Waals surface area contributed by atoms with Crippen LogP contribution in [0.3, 0.4) is 0 Å². The summed E-state index contributed by atoms with van der Waals surface area (Å²) >= 11 is 0. The maximum absolute atomic E-state index is 12.5. The number of hydrogen-bond acceptors (Lipinski definition) is 4. The fourth-order valence-electron chi connectivity index (χ4n) is 2.57. The molecule has 0 radical (unpaired) electrons. The van der Waals surface area contributed by atoms with Crippen molar-refractivity contribution in [3.05, 3.63) is 0 Å². The van der Waals surface area contributed by atoms with Crippen molar-refractivity contribution in [1.82, 2.24) is 4.90 Å². The van der Waals surface area contributed by atoms with Crippen LogP contribution in [0.15, 0.2) is 0 Å². The molecule has 0 saturated carbocycles. The Labute approximate surface area is 126 Å². The van der Waals surface area contributed by atoms with Gasteiger partial charge in [-0.25, -0.2) is 9.59 Å². The zero-order chi connectivity index (χ0) is 16.6. The summed E-state index contributed by atoms with van der Waals surface area (Å²) in [6.07, 6.45) is -1.03. The first-order chi connectivity index (χ1) is 9.35. The molecule has 6 nitrogen and oxygen atoms in total. The van der Waals surface area contributed by atoms with Crippen molar-refractivity contribution in [2.75, 3.05) is 0 Å². The summed E-state index contributed by atoms with van der Waals surface area (Å²) < 4.78 is 11.0. The topological polar surface area (TPSA) is 76.1 Å². The van der Waals surface area contributed by atoms with Crippen LogP contribution in [-0.4, -0.2) is 45.5 Å². The molecule has 0 aromatic carbocycles. The number of carboxylic acids is 1. The smallest absolute Gasteiger partial charge is 0.412 e. The van der Waals surface area contributed by atoms with E-state index in [0.717, 1.165) is 0 Å². The Morgan fingerprint density at radius 1 is 1.33 bits per heavy atom. The second kappa shape index (κ2) is 5.83. The van der Waals surface area contributed by atoms with Gasteiger partial charge in [-0.3, -0.25) is 4.90 Å². The first-order valence-electron chi connectivity index (χ1n) is 7.28. The maximum atomic E-state index is 12.5. The van der Waals surface area contributed by atoms with E-state index in [0.29, 0.717) is 6.42 Å². The van der Waals surface area contributed by atoms with Gasteiger partial charge in [0.05, 0.1) is 6.04 Å². The first kappa shape index (κ1) is 17.8. The van der Waals surface area contributed by atoms with Crippen LogP contribution < -0.4 is 0 Å². The molecule has 1 rings (SSSR count). The van der Waals surface area contributed by atoms with Gasteiger partial charge >= 0.3 is 12.1 Å². The van der Waals surface area contributed by atoms with Crippen LogP contribution in [0.1, 0.15) is 54.9 Å². The van der Waals surface area contributed by atoms with Gasteiger partial charge in [0.25, 0.3) is 0 Å². The molecule has 1 saturated heterocycles. The van der Waals surface area contributed by atoms with Crippen LogP contribution in [0.5, 0.6) is 0 Å². The zero-order valence-corrected chi connectivity index (χ0v) is 14.0. The molecule has 1 heterocycles. The largest absolute Gasteiger partial charge is 0.479 e. The first-order valence-corrected chi connectivity index (χ1v) is 7.28. The molecular weight excluding hydrogens is 274 g/mol. The van der Waals surface area contributed by atoms with Gasteiger partial charge in [-0.05, 0) is 47.0 Å². The van der Waals surface area contributed by atoms with E-state index >= 15 is 0 Å². The highest BCUT2D eigenvalue weighted by Crippen LogP contribution is 2.36. The highest BCUT2D eigenvalue weighted by molar-refractivity contribution is 5.77. The summed E-state index contributed by atoms with van der Waals surface area (Å²) in [5, 5.41) is 9.36. The van der Waals surface area contributed by atoms with Crippen molar-refractivity contribution in [3.8, 4) is 0 Å². The van der Waals surface area contributed by atoms with Crippen molar-refractivity contribution in [2.24, 2.45) is 5.92 Å². The third-order valence-corrected chi connectivity index (χ3v) is 3.22. The average molecular weight is 301 g/mol. The van der Waals surface area contributed by atoms with E-state index < -0.39 is 35.5 Å². The standard InChI is InChI=1S/C15H27NO5/c1-9(2)8-10-11(12(17)18)20-15(6,7)16(10)13(19)21-14(3,4)5/h9-11H,8H2,1-7H3,(H,17,18)/t10-,11+/m0/s1. The number of carbonyl (C=O) groups is 2. The lowest BCUT2D eigenvalue weighted by molar-refractivity contribution is -0.155. The van der Waals surface area contributed by atoms with Crippen LogP contribution in [0.25, 0.3) is 0 Å². The second-order valence-electron chi connectivity index (χ2n) is 7.37. The Balaban J connectivity index is 3.10. The summed E-state index contributed by atoms with van der Waals surface area (Å²) in [5.74, 6) is -0.820. The van der Waals surface area contributed by atoms with Crippen LogP contribution in [-0.2, 0) is 14.3 Å². The van der Waals surface area contributed by atoms with Crippen molar-refractivity contribution in [3.63, 3.8) is 0 Å². The number of nitrogens with zero attached hydrogens (tertiary/aromatic N) is 1. The molecule has 21 heavy (non-hydrogen) atoms. The molecule has 0 unspecified atom stereocenters. The number of rotatable bonds is 3. The zero-order valence-electron chi connectivity index (χ0n) is 14.0. The molecule has 122 valence electrons. The minimum Gasteiger partial charge on any atom is -0.479 e. The normalized spacial score (nSPS) is 25.2. The number of ether oxygens (including phenoxy) is 2. The lowest BCUT2D eigenvalue weighted by Gasteiger charge is -2.35. The van der Waals surface area contributed by atoms with Crippen LogP contribution in [0.4, 0.5) is 4.79 Å². The molecule has 0 aromatic rings. The highest BCUT2D eigenvalue weighted by Gasteiger charge is 2.53. The van der Waals surface area contributed by atoms with Gasteiger partial charge in [-0.2, -0.15) is 0 Å². The monoisotopic (exact) mass is 301 g/mol. The third-order valence-electron chi connectivity index (χ3n) is 3.22. The molecule has 1 aliphatic rings. The average Bonchev–Trinajstić information content (AvgIpc) is 2.46. The predicted molar refractivity (Wildman–Crippen MR) is 77.9 cm³/mol. The van der Waals surface area contributed by atoms with Gasteiger partial charge in [-0.1, -0.05) is 13.8 Å². The van der Waals surface area contributed by atoms with E-state index in [1.807, 2.05) is 13.8 Å². The van der Waals surface area contributed by atoms with Gasteiger partial charge in [0.1, 0.15) is 11.3 Å². The summed E-state index contributed by atoms with van der Waals surface area (Å²) in [6, 6.07) is -0.535. The molecule has 2 atom stereocenters. The molecule has 1 N–H and O–H groups in total. The Morgan fingerprint density at radius 2 is 1.86 bits per heavy atom. The highest BCUT2D eigenvalue weighted by atomic mass is 16.6. The minimum absolute atomic E-state index is 0.235. The van der Waals surface area contributed by atoms with Crippen LogP contribution in [0, 0.1) is 5.92 Å². The molecular formula is C15H27NO5. The van der Waals surface area contributed by atoms with Crippen molar-refractivity contribution >= 4 is 12.1 Å². The lowest BCUT2D eigenvalue weighted by Crippen LogP contribution is -2.51. The van der Waals surface area contributed by atoms with E-state index in [1.165, 1.54) is 4.90 Å². The van der Waals surface area contributed by atoms with E-state index in [1.54, 1.807) is 34.6 Å². The molecule has 6 heteroatoms. The molecule has 1 amide bonds. The number of carboxylic acid groups (broad SMARTS) is 1. The molecule has 1 fully saturated rings. The fraction of sp³-hybridized carbons (Fsp3) is 0.867. The fourth-order valence-corrected chi connectivity index (χ4v) is 2.57. The maximum Gasteiger partial charge on any atom is 0.412 e. The Kier molecular flexibility index (Phi) is 4.93. The van der Waals surface area contributed by atoms with E-state index in [4.69, 9.17) is 9.47 Å². The summed E-state index contributed by atoms with van der Waals surface area (Å²) in [6.45, 7) is 12.7.